The molecule has 0 saturated heterocycles. The van der Waals surface area contributed by atoms with Crippen LogP contribution in [-0.4, -0.2) is 39.1 Å². The number of aryl methyl sites for hydroxylation is 1. The first-order chi connectivity index (χ1) is 13.7. The summed E-state index contributed by atoms with van der Waals surface area (Å²) in [6.07, 6.45) is -6.95. The normalized spacial score (nSPS) is 14.1. The molecule has 2 heterocycles. The topological polar surface area (TPSA) is 67.8 Å². The Hall–Kier alpha value is -1.97. The number of nitrogens with one attached hydrogen (secondary N) is 1. The van der Waals surface area contributed by atoms with Crippen molar-refractivity contribution >= 4 is 33.7 Å². The van der Waals surface area contributed by atoms with Gasteiger partial charge in [-0.05, 0) is 6.92 Å². The number of amides is 1. The Bertz CT molecular complexity index is 976. The van der Waals surface area contributed by atoms with Crippen LogP contribution in [0.15, 0.2) is 0 Å². The lowest BCUT2D eigenvalue weighted by Crippen LogP contribution is -2.59. The van der Waals surface area contributed by atoms with Crippen LogP contribution in [0.5, 0.6) is 0 Å². The number of thiazole rings is 1. The Morgan fingerprint density at radius 2 is 1.39 bits per heavy atom. The molecule has 0 fully saturated rings. The van der Waals surface area contributed by atoms with E-state index in [2.05, 4.69) is 15.2 Å². The van der Waals surface area contributed by atoms with Crippen LogP contribution in [0, 0.1) is 6.92 Å². The molecule has 0 radical (unpaired) electrons. The Morgan fingerprint density at radius 1 is 0.839 bits per heavy atom. The SMILES string of the molecule is Cc1nc(C(C)(C)C)sc1C(=O)Nc1nnc(C(F)(F)C(F)(F)C(F)(F)C(F)(F)F)s1. The molecule has 0 bridgehead atoms. The van der Waals surface area contributed by atoms with Crippen molar-refractivity contribution in [2.24, 2.45) is 0 Å². The minimum atomic E-state index is -7.05. The molecule has 0 spiro atoms. The van der Waals surface area contributed by atoms with Crippen LogP contribution in [0.4, 0.5) is 44.6 Å². The van der Waals surface area contributed by atoms with Gasteiger partial charge in [0.25, 0.3) is 5.91 Å². The highest BCUT2D eigenvalue weighted by Crippen LogP contribution is 2.57. The van der Waals surface area contributed by atoms with Gasteiger partial charge in [0.05, 0.1) is 10.7 Å². The lowest BCUT2D eigenvalue weighted by Gasteiger charge is -2.32. The van der Waals surface area contributed by atoms with E-state index in [1.54, 1.807) is 0 Å². The summed E-state index contributed by atoms with van der Waals surface area (Å²) < 4.78 is 117. The Morgan fingerprint density at radius 3 is 1.84 bits per heavy atom. The number of halogens is 9. The predicted octanol–water partition coefficient (Wildman–Crippen LogP) is 5.78. The molecule has 0 aliphatic rings. The third kappa shape index (κ3) is 4.36. The van der Waals surface area contributed by atoms with Crippen LogP contribution in [-0.2, 0) is 11.3 Å². The van der Waals surface area contributed by atoms with Gasteiger partial charge in [0.2, 0.25) is 5.13 Å². The maximum Gasteiger partial charge on any atom is 0.460 e. The van der Waals surface area contributed by atoms with E-state index in [4.69, 9.17) is 0 Å². The van der Waals surface area contributed by atoms with Crippen LogP contribution in [0.1, 0.15) is 46.2 Å². The Kier molecular flexibility index (Phi) is 6.17. The molecule has 2 aromatic rings. The third-order valence-corrected chi connectivity index (χ3v) is 6.19. The molecule has 2 aromatic heterocycles. The molecule has 0 unspecified atom stereocenters. The Balaban J connectivity index is 2.31. The fourth-order valence-electron chi connectivity index (χ4n) is 1.99. The number of hydrogen-bond acceptors (Lipinski definition) is 6. The molecule has 1 N–H and O–H groups in total. The second kappa shape index (κ2) is 7.56. The molecule has 0 aliphatic carbocycles. The zero-order chi connectivity index (χ0) is 24.2. The molecule has 0 aliphatic heterocycles. The lowest BCUT2D eigenvalue weighted by atomic mass is 9.98. The summed E-state index contributed by atoms with van der Waals surface area (Å²) in [6, 6.07) is 0. The molecule has 31 heavy (non-hydrogen) atoms. The molecule has 16 heteroatoms. The van der Waals surface area contributed by atoms with E-state index in [0.29, 0.717) is 5.01 Å². The fraction of sp³-hybridized carbons (Fsp3) is 0.600. The third-order valence-electron chi connectivity index (χ3n) is 3.70. The molecule has 2 rings (SSSR count). The maximum absolute atomic E-state index is 13.9. The summed E-state index contributed by atoms with van der Waals surface area (Å²) >= 11 is 0.491. The number of hydrogen-bond donors (Lipinski definition) is 1. The predicted molar refractivity (Wildman–Crippen MR) is 93.3 cm³/mol. The van der Waals surface area contributed by atoms with Crippen LogP contribution in [0.25, 0.3) is 0 Å². The van der Waals surface area contributed by atoms with Gasteiger partial charge in [-0.1, -0.05) is 32.1 Å². The van der Waals surface area contributed by atoms with E-state index in [1.807, 2.05) is 26.1 Å². The van der Waals surface area contributed by atoms with Crippen molar-refractivity contribution in [1.29, 1.82) is 0 Å². The molecule has 0 aromatic carbocycles. The van der Waals surface area contributed by atoms with E-state index >= 15 is 0 Å². The summed E-state index contributed by atoms with van der Waals surface area (Å²) in [5, 5.41) is 5.12. The average molecular weight is 500 g/mol. The molecular weight excluding hydrogens is 487 g/mol. The minimum Gasteiger partial charge on any atom is -0.296 e. The van der Waals surface area contributed by atoms with Crippen LogP contribution in [0.2, 0.25) is 0 Å². The summed E-state index contributed by atoms with van der Waals surface area (Å²) in [6.45, 7) is 6.90. The summed E-state index contributed by atoms with van der Waals surface area (Å²) in [5.74, 6) is -20.9. The van der Waals surface area contributed by atoms with Crippen molar-refractivity contribution in [3.8, 4) is 0 Å². The molecule has 174 valence electrons. The summed E-state index contributed by atoms with van der Waals surface area (Å²) in [5.41, 5.74) is -0.167. The van der Waals surface area contributed by atoms with E-state index in [0.717, 1.165) is 11.3 Å². The van der Waals surface area contributed by atoms with Gasteiger partial charge in [-0.2, -0.15) is 39.5 Å². The van der Waals surface area contributed by atoms with Gasteiger partial charge >= 0.3 is 23.9 Å². The number of carbonyl (C=O) groups excluding carboxylic acids is 1. The molecule has 1 amide bonds. The number of carbonyl (C=O) groups is 1. The van der Waals surface area contributed by atoms with Crippen molar-refractivity contribution in [3.63, 3.8) is 0 Å². The highest BCUT2D eigenvalue weighted by molar-refractivity contribution is 7.16. The van der Waals surface area contributed by atoms with Crippen molar-refractivity contribution in [3.05, 3.63) is 20.6 Å². The van der Waals surface area contributed by atoms with E-state index < -0.39 is 56.7 Å². The van der Waals surface area contributed by atoms with E-state index in [1.165, 1.54) is 6.92 Å². The van der Waals surface area contributed by atoms with Crippen molar-refractivity contribution in [1.82, 2.24) is 15.2 Å². The zero-order valence-corrected chi connectivity index (χ0v) is 17.6. The molecule has 5 nitrogen and oxygen atoms in total. The summed E-state index contributed by atoms with van der Waals surface area (Å²) in [7, 11) is 0. The second-order valence-electron chi connectivity index (χ2n) is 7.27. The molecule has 0 atom stereocenters. The second-order valence-corrected chi connectivity index (χ2v) is 9.25. The molecule has 0 saturated carbocycles. The van der Waals surface area contributed by atoms with Gasteiger partial charge in [-0.3, -0.25) is 10.1 Å². The number of nitrogens with zero attached hydrogens (tertiary/aromatic N) is 3. The first-order valence-corrected chi connectivity index (χ1v) is 9.70. The van der Waals surface area contributed by atoms with Crippen molar-refractivity contribution < 1.29 is 44.3 Å². The number of rotatable bonds is 5. The van der Waals surface area contributed by atoms with Crippen molar-refractivity contribution in [2.45, 2.75) is 57.1 Å². The van der Waals surface area contributed by atoms with Crippen LogP contribution >= 0.6 is 22.7 Å². The van der Waals surface area contributed by atoms with Gasteiger partial charge in [0.1, 0.15) is 4.88 Å². The fourth-order valence-corrected chi connectivity index (χ4v) is 3.76. The van der Waals surface area contributed by atoms with Crippen LogP contribution in [0.3, 0.4) is 0 Å². The average Bonchev–Trinajstić information content (AvgIpc) is 3.20. The van der Waals surface area contributed by atoms with E-state index in [9.17, 15) is 44.3 Å². The van der Waals surface area contributed by atoms with Gasteiger partial charge < -0.3 is 0 Å². The standard InChI is InChI=1S/C15H13F9N4OS2/c1-5-6(30-8(25-5)11(2,3)4)7(29)26-10-28-27-9(31-10)12(16,17)13(18,19)14(20,21)15(22,23)24/h1-4H3,(H,26,28,29). The van der Waals surface area contributed by atoms with Gasteiger partial charge in [-0.15, -0.1) is 21.5 Å². The highest BCUT2D eigenvalue weighted by atomic mass is 32.1. The Labute approximate surface area is 176 Å². The molecular formula is C15H13F9N4OS2. The van der Waals surface area contributed by atoms with Gasteiger partial charge in [0, 0.05) is 5.41 Å². The van der Waals surface area contributed by atoms with Crippen molar-refractivity contribution in [2.75, 3.05) is 5.32 Å². The first kappa shape index (κ1) is 25.3. The van der Waals surface area contributed by atoms with Crippen LogP contribution < -0.4 is 5.32 Å². The highest BCUT2D eigenvalue weighted by Gasteiger charge is 2.83. The van der Waals surface area contributed by atoms with Gasteiger partial charge in [0.15, 0.2) is 5.01 Å². The number of aromatic nitrogens is 3. The smallest absolute Gasteiger partial charge is 0.296 e. The maximum atomic E-state index is 13.9. The lowest BCUT2D eigenvalue weighted by molar-refractivity contribution is -0.399. The first-order valence-electron chi connectivity index (χ1n) is 8.07. The minimum absolute atomic E-state index is 0.0300. The zero-order valence-electron chi connectivity index (χ0n) is 16.0. The van der Waals surface area contributed by atoms with E-state index in [-0.39, 0.29) is 10.6 Å². The number of anilines is 1. The quantitative estimate of drug-likeness (QED) is 0.529. The monoisotopic (exact) mass is 500 g/mol. The van der Waals surface area contributed by atoms with Gasteiger partial charge in [-0.25, -0.2) is 4.98 Å². The summed E-state index contributed by atoms with van der Waals surface area (Å²) in [4.78, 5) is 16.5. The largest absolute Gasteiger partial charge is 0.460 e. The number of alkyl halides is 9.